The lowest BCUT2D eigenvalue weighted by atomic mass is 10.1. The number of hydrogen-bond donors (Lipinski definition) is 0. The van der Waals surface area contributed by atoms with Crippen LogP contribution in [0.25, 0.3) is 0 Å². The molecule has 1 aliphatic heterocycles. The minimum Gasteiger partial charge on any atom is -0.381 e. The zero-order valence-electron chi connectivity index (χ0n) is 12.0. The third-order valence-electron chi connectivity index (χ3n) is 3.41. The molecule has 1 fully saturated rings. The van der Waals surface area contributed by atoms with Gasteiger partial charge in [-0.25, -0.2) is 0 Å². The molecule has 1 aromatic heterocycles. The number of aromatic nitrogens is 2. The summed E-state index contributed by atoms with van der Waals surface area (Å²) in [6.45, 7) is 1.00. The van der Waals surface area contributed by atoms with Gasteiger partial charge in [-0.05, 0) is 19.4 Å². The SMILES string of the molecule is Cc1cc(CN(CC(F)(F)F)C(=O)[C@H]2CCOC2)n(C)n1. The first-order valence-corrected chi connectivity index (χ1v) is 6.69. The van der Waals surface area contributed by atoms with Gasteiger partial charge >= 0.3 is 6.18 Å². The molecule has 0 bridgehead atoms. The van der Waals surface area contributed by atoms with Crippen molar-refractivity contribution in [3.8, 4) is 0 Å². The lowest BCUT2D eigenvalue weighted by Gasteiger charge is -2.26. The molecule has 8 heteroatoms. The molecule has 5 nitrogen and oxygen atoms in total. The standard InChI is InChI=1S/C13H18F3N3O2/c1-9-5-11(18(2)17-9)6-19(8-13(14,15)16)12(20)10-3-4-21-7-10/h5,10H,3-4,6-8H2,1-2H3/t10-/m0/s1. The Hall–Kier alpha value is -1.57. The largest absolute Gasteiger partial charge is 0.406 e. The number of nitrogens with zero attached hydrogens (tertiary/aromatic N) is 3. The Morgan fingerprint density at radius 1 is 1.57 bits per heavy atom. The van der Waals surface area contributed by atoms with Gasteiger partial charge < -0.3 is 9.64 Å². The number of halogens is 3. The van der Waals surface area contributed by atoms with Crippen LogP contribution in [0.1, 0.15) is 17.8 Å². The number of hydrogen-bond acceptors (Lipinski definition) is 3. The Bertz CT molecular complexity index is 507. The molecule has 0 unspecified atom stereocenters. The van der Waals surface area contributed by atoms with Crippen LogP contribution in [0.3, 0.4) is 0 Å². The van der Waals surface area contributed by atoms with E-state index in [0.29, 0.717) is 24.4 Å². The first kappa shape index (κ1) is 15.8. The molecule has 21 heavy (non-hydrogen) atoms. The minimum atomic E-state index is -4.43. The van der Waals surface area contributed by atoms with Gasteiger partial charge in [0, 0.05) is 13.7 Å². The summed E-state index contributed by atoms with van der Waals surface area (Å²) in [5, 5.41) is 4.09. The highest BCUT2D eigenvalue weighted by Crippen LogP contribution is 2.22. The number of rotatable bonds is 4. The summed E-state index contributed by atoms with van der Waals surface area (Å²) < 4.78 is 44.7. The van der Waals surface area contributed by atoms with Crippen molar-refractivity contribution in [2.24, 2.45) is 13.0 Å². The fourth-order valence-corrected chi connectivity index (χ4v) is 2.42. The molecule has 1 saturated heterocycles. The van der Waals surface area contributed by atoms with Gasteiger partial charge in [0.1, 0.15) is 6.54 Å². The molecule has 0 spiro atoms. The average molecular weight is 305 g/mol. The van der Waals surface area contributed by atoms with Crippen LogP contribution in [0.2, 0.25) is 0 Å². The molecule has 2 heterocycles. The maximum atomic E-state index is 12.7. The lowest BCUT2D eigenvalue weighted by molar-refractivity contribution is -0.165. The first-order chi connectivity index (χ1) is 9.76. The molecule has 0 aliphatic carbocycles. The second kappa shape index (κ2) is 6.05. The molecular formula is C13H18F3N3O2. The summed E-state index contributed by atoms with van der Waals surface area (Å²) in [6.07, 6.45) is -3.96. The topological polar surface area (TPSA) is 47.4 Å². The molecule has 1 aromatic rings. The number of alkyl halides is 3. The number of amides is 1. The molecule has 0 radical (unpaired) electrons. The molecule has 1 amide bonds. The quantitative estimate of drug-likeness (QED) is 0.850. The third kappa shape index (κ3) is 4.20. The van der Waals surface area contributed by atoms with Crippen molar-refractivity contribution < 1.29 is 22.7 Å². The Morgan fingerprint density at radius 3 is 2.76 bits per heavy atom. The molecule has 118 valence electrons. The van der Waals surface area contributed by atoms with Crippen molar-refractivity contribution in [2.75, 3.05) is 19.8 Å². The first-order valence-electron chi connectivity index (χ1n) is 6.69. The van der Waals surface area contributed by atoms with Crippen LogP contribution in [0, 0.1) is 12.8 Å². The van der Waals surface area contributed by atoms with Crippen molar-refractivity contribution in [2.45, 2.75) is 26.1 Å². The summed E-state index contributed by atoms with van der Waals surface area (Å²) in [5.41, 5.74) is 1.28. The summed E-state index contributed by atoms with van der Waals surface area (Å²) in [6, 6.07) is 1.68. The Labute approximate surface area is 120 Å². The van der Waals surface area contributed by atoms with E-state index in [1.54, 1.807) is 20.0 Å². The Balaban J connectivity index is 2.15. The van der Waals surface area contributed by atoms with Crippen LogP contribution in [-0.2, 0) is 23.1 Å². The highest BCUT2D eigenvalue weighted by Gasteiger charge is 2.36. The molecular weight excluding hydrogens is 287 g/mol. The van der Waals surface area contributed by atoms with Crippen LogP contribution < -0.4 is 0 Å². The maximum absolute atomic E-state index is 12.7. The van der Waals surface area contributed by atoms with Crippen LogP contribution >= 0.6 is 0 Å². The van der Waals surface area contributed by atoms with E-state index in [1.165, 1.54) is 4.68 Å². The number of carbonyl (C=O) groups is 1. The number of ether oxygens (including phenoxy) is 1. The van der Waals surface area contributed by atoms with Crippen LogP contribution in [0.5, 0.6) is 0 Å². The van der Waals surface area contributed by atoms with Crippen LogP contribution in [0.15, 0.2) is 6.07 Å². The fraction of sp³-hybridized carbons (Fsp3) is 0.692. The van der Waals surface area contributed by atoms with E-state index >= 15 is 0 Å². The molecule has 0 saturated carbocycles. The highest BCUT2D eigenvalue weighted by molar-refractivity contribution is 5.79. The highest BCUT2D eigenvalue weighted by atomic mass is 19.4. The molecule has 0 N–H and O–H groups in total. The number of carbonyl (C=O) groups excluding carboxylic acids is 1. The second-order valence-electron chi connectivity index (χ2n) is 5.27. The molecule has 1 aliphatic rings. The monoisotopic (exact) mass is 305 g/mol. The Morgan fingerprint density at radius 2 is 2.29 bits per heavy atom. The van der Waals surface area contributed by atoms with E-state index in [4.69, 9.17) is 4.74 Å². The zero-order valence-corrected chi connectivity index (χ0v) is 12.0. The van der Waals surface area contributed by atoms with Crippen molar-refractivity contribution >= 4 is 5.91 Å². The lowest BCUT2D eigenvalue weighted by Crippen LogP contribution is -2.42. The van der Waals surface area contributed by atoms with Crippen molar-refractivity contribution in [1.82, 2.24) is 14.7 Å². The van der Waals surface area contributed by atoms with Crippen LogP contribution in [-0.4, -0.2) is 46.5 Å². The maximum Gasteiger partial charge on any atom is 0.406 e. The van der Waals surface area contributed by atoms with E-state index in [-0.39, 0.29) is 13.2 Å². The van der Waals surface area contributed by atoms with Gasteiger partial charge in [-0.3, -0.25) is 9.48 Å². The summed E-state index contributed by atoms with van der Waals surface area (Å²) in [5.74, 6) is -0.995. The van der Waals surface area contributed by atoms with Gasteiger partial charge in [0.15, 0.2) is 0 Å². The van der Waals surface area contributed by atoms with Gasteiger partial charge in [0.2, 0.25) is 5.91 Å². The van der Waals surface area contributed by atoms with E-state index in [9.17, 15) is 18.0 Å². The second-order valence-corrected chi connectivity index (χ2v) is 5.27. The van der Waals surface area contributed by atoms with Gasteiger partial charge in [-0.2, -0.15) is 18.3 Å². The average Bonchev–Trinajstić information content (AvgIpc) is 2.96. The third-order valence-corrected chi connectivity index (χ3v) is 3.41. The van der Waals surface area contributed by atoms with E-state index in [2.05, 4.69) is 5.10 Å². The Kier molecular flexibility index (Phi) is 4.55. The summed E-state index contributed by atoms with van der Waals surface area (Å²) >= 11 is 0. The summed E-state index contributed by atoms with van der Waals surface area (Å²) in [4.78, 5) is 13.1. The van der Waals surface area contributed by atoms with Crippen LogP contribution in [0.4, 0.5) is 13.2 Å². The fourth-order valence-electron chi connectivity index (χ4n) is 2.42. The van der Waals surface area contributed by atoms with Gasteiger partial charge in [-0.15, -0.1) is 0 Å². The van der Waals surface area contributed by atoms with Crippen molar-refractivity contribution in [3.63, 3.8) is 0 Å². The zero-order chi connectivity index (χ0) is 15.6. The predicted molar refractivity (Wildman–Crippen MR) is 68.3 cm³/mol. The van der Waals surface area contributed by atoms with Gasteiger partial charge in [-0.1, -0.05) is 0 Å². The van der Waals surface area contributed by atoms with Gasteiger partial charge in [0.05, 0.1) is 30.5 Å². The summed E-state index contributed by atoms with van der Waals surface area (Å²) in [7, 11) is 1.65. The molecule has 0 aromatic carbocycles. The smallest absolute Gasteiger partial charge is 0.381 e. The predicted octanol–water partition coefficient (Wildman–Crippen LogP) is 1.66. The normalized spacial score (nSPS) is 19.0. The van der Waals surface area contributed by atoms with E-state index in [0.717, 1.165) is 4.90 Å². The van der Waals surface area contributed by atoms with Gasteiger partial charge in [0.25, 0.3) is 0 Å². The molecule has 1 atom stereocenters. The number of aryl methyl sites for hydroxylation is 2. The van der Waals surface area contributed by atoms with Crippen molar-refractivity contribution in [3.05, 3.63) is 17.5 Å². The molecule has 2 rings (SSSR count). The van der Waals surface area contributed by atoms with E-state index in [1.807, 2.05) is 0 Å². The van der Waals surface area contributed by atoms with E-state index < -0.39 is 24.5 Å². The van der Waals surface area contributed by atoms with Crippen molar-refractivity contribution in [1.29, 1.82) is 0 Å². The minimum absolute atomic E-state index is 0.105.